The molecule has 1 unspecified atom stereocenters. The van der Waals surface area contributed by atoms with Crippen LogP contribution in [0, 0.1) is 0 Å². The van der Waals surface area contributed by atoms with E-state index in [0.29, 0.717) is 17.8 Å². The molecule has 0 aliphatic carbocycles. The molecule has 0 fully saturated rings. The van der Waals surface area contributed by atoms with Gasteiger partial charge in [-0.05, 0) is 31.5 Å². The minimum absolute atomic E-state index is 0.418. The van der Waals surface area contributed by atoms with Gasteiger partial charge in [0.2, 0.25) is 11.7 Å². The smallest absolute Gasteiger partial charge is 0.228 e. The number of hydrogen-bond donors (Lipinski definition) is 2. The summed E-state index contributed by atoms with van der Waals surface area (Å²) in [6.07, 6.45) is 6.06. The van der Waals surface area contributed by atoms with Gasteiger partial charge in [0, 0.05) is 18.7 Å². The van der Waals surface area contributed by atoms with E-state index < -0.39 is 0 Å². The van der Waals surface area contributed by atoms with Crippen LogP contribution in [0.1, 0.15) is 39.0 Å². The third-order valence-corrected chi connectivity index (χ3v) is 3.05. The molecular weight excluding hydrogens is 240 g/mol. The number of nitrogens with one attached hydrogen (secondary N) is 2. The molecule has 0 aromatic carbocycles. The van der Waals surface area contributed by atoms with Gasteiger partial charge in [-0.3, -0.25) is 0 Å². The zero-order valence-electron chi connectivity index (χ0n) is 11.6. The quantitative estimate of drug-likeness (QED) is 0.767. The molecule has 5 heteroatoms. The average molecular weight is 262 g/mol. The van der Waals surface area contributed by atoms with Crippen LogP contribution in [-0.4, -0.2) is 27.7 Å². The van der Waals surface area contributed by atoms with E-state index in [1.54, 1.807) is 0 Å². The van der Waals surface area contributed by atoms with E-state index in [-0.39, 0.29) is 0 Å². The molecule has 2 rings (SSSR count). The first-order valence-corrected chi connectivity index (χ1v) is 7.03. The molecule has 5 nitrogen and oxygen atoms in total. The summed E-state index contributed by atoms with van der Waals surface area (Å²) >= 11 is 0. The normalized spacial score (nSPS) is 12.7. The molecule has 104 valence electrons. The van der Waals surface area contributed by atoms with E-state index in [9.17, 15) is 0 Å². The van der Waals surface area contributed by atoms with Gasteiger partial charge in [0.1, 0.15) is 0 Å². The molecular formula is C14H22N4O. The minimum Gasteiger partial charge on any atom is -0.359 e. The van der Waals surface area contributed by atoms with Gasteiger partial charge in [0.05, 0.1) is 5.69 Å². The zero-order chi connectivity index (χ0) is 13.5. The first kappa shape index (κ1) is 13.8. The van der Waals surface area contributed by atoms with E-state index >= 15 is 0 Å². The summed E-state index contributed by atoms with van der Waals surface area (Å²) in [5.41, 5.74) is 0.892. The topological polar surface area (TPSA) is 66.7 Å². The van der Waals surface area contributed by atoms with Gasteiger partial charge in [-0.25, -0.2) is 0 Å². The number of H-pyrrole nitrogens is 1. The Bertz CT molecular complexity index is 464. The summed E-state index contributed by atoms with van der Waals surface area (Å²) in [6.45, 7) is 5.40. The molecule has 0 spiro atoms. The monoisotopic (exact) mass is 262 g/mol. The molecule has 0 radical (unpaired) electrons. The highest BCUT2D eigenvalue weighted by atomic mass is 16.5. The van der Waals surface area contributed by atoms with E-state index in [2.05, 4.69) is 34.3 Å². The predicted molar refractivity (Wildman–Crippen MR) is 74.8 cm³/mol. The fourth-order valence-corrected chi connectivity index (χ4v) is 2.10. The van der Waals surface area contributed by atoms with Gasteiger partial charge in [-0.15, -0.1) is 0 Å². The number of rotatable bonds is 8. The Balaban J connectivity index is 1.97. The summed E-state index contributed by atoms with van der Waals surface area (Å²) in [4.78, 5) is 7.51. The van der Waals surface area contributed by atoms with E-state index in [1.165, 1.54) is 0 Å². The van der Waals surface area contributed by atoms with Gasteiger partial charge >= 0.3 is 0 Å². The minimum atomic E-state index is 0.418. The molecule has 19 heavy (non-hydrogen) atoms. The highest BCUT2D eigenvalue weighted by Gasteiger charge is 2.14. The second kappa shape index (κ2) is 7.09. The molecule has 2 N–H and O–H groups in total. The summed E-state index contributed by atoms with van der Waals surface area (Å²) in [5, 5.41) is 7.53. The summed E-state index contributed by atoms with van der Waals surface area (Å²) < 4.78 is 5.32. The van der Waals surface area contributed by atoms with Crippen molar-refractivity contribution in [1.29, 1.82) is 0 Å². The van der Waals surface area contributed by atoms with Crippen molar-refractivity contribution in [3.8, 4) is 11.5 Å². The van der Waals surface area contributed by atoms with Gasteiger partial charge in [-0.1, -0.05) is 25.4 Å². The number of nitrogens with zero attached hydrogens (tertiary/aromatic N) is 2. The van der Waals surface area contributed by atoms with Crippen molar-refractivity contribution in [1.82, 2.24) is 20.4 Å². The second-order valence-electron chi connectivity index (χ2n) is 4.74. The molecule has 0 amide bonds. The van der Waals surface area contributed by atoms with Gasteiger partial charge < -0.3 is 14.8 Å². The maximum absolute atomic E-state index is 5.32. The van der Waals surface area contributed by atoms with Crippen LogP contribution in [0.3, 0.4) is 0 Å². The third-order valence-electron chi connectivity index (χ3n) is 3.05. The highest BCUT2D eigenvalue weighted by Crippen LogP contribution is 2.14. The Kier molecular flexibility index (Phi) is 5.15. The van der Waals surface area contributed by atoms with E-state index in [1.807, 2.05) is 18.3 Å². The maximum atomic E-state index is 5.32. The van der Waals surface area contributed by atoms with Crippen LogP contribution < -0.4 is 5.32 Å². The van der Waals surface area contributed by atoms with E-state index in [4.69, 9.17) is 4.52 Å². The highest BCUT2D eigenvalue weighted by molar-refractivity contribution is 5.47. The van der Waals surface area contributed by atoms with E-state index in [0.717, 1.165) is 37.9 Å². The van der Waals surface area contributed by atoms with Crippen LogP contribution in [0.5, 0.6) is 0 Å². The fraction of sp³-hybridized carbons (Fsp3) is 0.571. The van der Waals surface area contributed by atoms with Crippen LogP contribution in [0.25, 0.3) is 11.5 Å². The number of hydrogen-bond acceptors (Lipinski definition) is 4. The third kappa shape index (κ3) is 3.92. The first-order chi connectivity index (χ1) is 9.33. The summed E-state index contributed by atoms with van der Waals surface area (Å²) in [6, 6.07) is 4.28. The lowest BCUT2D eigenvalue weighted by molar-refractivity contribution is 0.350. The lowest BCUT2D eigenvalue weighted by Crippen LogP contribution is -2.31. The van der Waals surface area contributed by atoms with Crippen molar-refractivity contribution in [3.63, 3.8) is 0 Å². The Morgan fingerprint density at radius 2 is 2.26 bits per heavy atom. The molecule has 0 aliphatic heterocycles. The van der Waals surface area contributed by atoms with Crippen molar-refractivity contribution < 1.29 is 4.52 Å². The van der Waals surface area contributed by atoms with Gasteiger partial charge in [-0.2, -0.15) is 4.98 Å². The van der Waals surface area contributed by atoms with Crippen LogP contribution in [0.2, 0.25) is 0 Å². The number of aromatic amines is 1. The standard InChI is InChI=1S/C14H22N4O/c1-3-6-11(15-8-4-2)10-13-17-14(18-19-13)12-7-5-9-16-12/h5,7,9,11,15-16H,3-4,6,8,10H2,1-2H3. The van der Waals surface area contributed by atoms with Crippen molar-refractivity contribution in [2.24, 2.45) is 0 Å². The van der Waals surface area contributed by atoms with Gasteiger partial charge in [0.25, 0.3) is 0 Å². The van der Waals surface area contributed by atoms with Gasteiger partial charge in [0.15, 0.2) is 0 Å². The van der Waals surface area contributed by atoms with Crippen LogP contribution in [0.15, 0.2) is 22.9 Å². The Hall–Kier alpha value is -1.62. The average Bonchev–Trinajstić information content (AvgIpc) is 3.06. The fourth-order valence-electron chi connectivity index (χ4n) is 2.10. The van der Waals surface area contributed by atoms with Crippen molar-refractivity contribution in [2.75, 3.05) is 6.54 Å². The lowest BCUT2D eigenvalue weighted by Gasteiger charge is -2.15. The molecule has 2 aromatic heterocycles. The molecule has 0 saturated heterocycles. The maximum Gasteiger partial charge on any atom is 0.228 e. The molecule has 0 bridgehead atoms. The van der Waals surface area contributed by atoms with Crippen molar-refractivity contribution in [2.45, 2.75) is 45.6 Å². The SMILES string of the molecule is CCCNC(CCC)Cc1nc(-c2ccc[nH]2)no1. The zero-order valence-corrected chi connectivity index (χ0v) is 11.6. The second-order valence-corrected chi connectivity index (χ2v) is 4.74. The van der Waals surface area contributed by atoms with Crippen LogP contribution >= 0.6 is 0 Å². The first-order valence-electron chi connectivity index (χ1n) is 7.03. The number of aromatic nitrogens is 3. The van der Waals surface area contributed by atoms with Crippen molar-refractivity contribution >= 4 is 0 Å². The summed E-state index contributed by atoms with van der Waals surface area (Å²) in [7, 11) is 0. The lowest BCUT2D eigenvalue weighted by atomic mass is 10.1. The molecule has 1 atom stereocenters. The van der Waals surface area contributed by atoms with Crippen LogP contribution in [0.4, 0.5) is 0 Å². The Morgan fingerprint density at radius 3 is 2.95 bits per heavy atom. The predicted octanol–water partition coefficient (Wildman–Crippen LogP) is 2.78. The Labute approximate surface area is 113 Å². The Morgan fingerprint density at radius 1 is 1.37 bits per heavy atom. The van der Waals surface area contributed by atoms with Crippen LogP contribution in [-0.2, 0) is 6.42 Å². The largest absolute Gasteiger partial charge is 0.359 e. The molecule has 2 aromatic rings. The van der Waals surface area contributed by atoms with Crippen molar-refractivity contribution in [3.05, 3.63) is 24.2 Å². The summed E-state index contributed by atoms with van der Waals surface area (Å²) in [5.74, 6) is 1.33. The molecule has 2 heterocycles. The molecule has 0 saturated carbocycles. The molecule has 0 aliphatic rings.